The lowest BCUT2D eigenvalue weighted by Gasteiger charge is -2.32. The van der Waals surface area contributed by atoms with Crippen LogP contribution in [0.5, 0.6) is 0 Å². The van der Waals surface area contributed by atoms with E-state index in [1.807, 2.05) is 35.3 Å². The largest absolute Gasteiger partial charge is 0.350 e. The molecule has 1 atom stereocenters. The maximum Gasteiger partial charge on any atom is 0.291 e. The number of carbonyl (C=O) groups is 1. The van der Waals surface area contributed by atoms with Gasteiger partial charge in [-0.05, 0) is 31.5 Å². The van der Waals surface area contributed by atoms with Crippen molar-refractivity contribution in [1.29, 1.82) is 0 Å². The number of carbonyl (C=O) groups excluding carboxylic acids is 1. The number of rotatable bonds is 6. The highest BCUT2D eigenvalue weighted by atomic mass is 35.5. The third-order valence-corrected chi connectivity index (χ3v) is 6.65. The second-order valence-electron chi connectivity index (χ2n) is 8.04. The van der Waals surface area contributed by atoms with Gasteiger partial charge in [0.2, 0.25) is 5.91 Å². The number of halogens is 2. The number of thiophene rings is 1. The third-order valence-electron chi connectivity index (χ3n) is 5.45. The fraction of sp³-hybridized carbons (Fsp3) is 0.550. The van der Waals surface area contributed by atoms with Crippen LogP contribution in [0.2, 0.25) is 4.34 Å². The van der Waals surface area contributed by atoms with Gasteiger partial charge in [-0.3, -0.25) is 18.9 Å². The van der Waals surface area contributed by atoms with Crippen LogP contribution < -0.4 is 10.9 Å². The number of fused-ring (bicyclic) bond motifs is 3. The first kappa shape index (κ1) is 21.3. The molecular weight excluding hydrogens is 429 g/mol. The van der Waals surface area contributed by atoms with Gasteiger partial charge in [0, 0.05) is 25.0 Å². The summed E-state index contributed by atoms with van der Waals surface area (Å²) in [5.74, 6) is 0.491. The Morgan fingerprint density at radius 1 is 1.40 bits per heavy atom. The molecule has 0 saturated carbocycles. The molecule has 7 nitrogen and oxygen atoms in total. The zero-order valence-electron chi connectivity index (χ0n) is 17.0. The van der Waals surface area contributed by atoms with Crippen LogP contribution >= 0.6 is 22.9 Å². The highest BCUT2D eigenvalue weighted by Crippen LogP contribution is 2.32. The molecule has 30 heavy (non-hydrogen) atoms. The molecule has 1 saturated heterocycles. The average Bonchev–Trinajstić information content (AvgIpc) is 3.21. The second kappa shape index (κ2) is 8.64. The predicted octanol–water partition coefficient (Wildman–Crippen LogP) is 3.04. The summed E-state index contributed by atoms with van der Waals surface area (Å²) in [7, 11) is 0. The van der Waals surface area contributed by atoms with E-state index in [0.717, 1.165) is 29.6 Å². The smallest absolute Gasteiger partial charge is 0.291 e. The van der Waals surface area contributed by atoms with Gasteiger partial charge in [0.15, 0.2) is 0 Å². The summed E-state index contributed by atoms with van der Waals surface area (Å²) in [5.41, 5.74) is 1.04. The molecule has 4 rings (SSSR count). The van der Waals surface area contributed by atoms with E-state index >= 15 is 0 Å². The number of likely N-dealkylation sites (tertiary alicyclic amines) is 1. The summed E-state index contributed by atoms with van der Waals surface area (Å²) in [6, 6.07) is 3.61. The molecule has 4 heterocycles. The second-order valence-corrected chi connectivity index (χ2v) is 9.75. The summed E-state index contributed by atoms with van der Waals surface area (Å²) in [6.07, 6.45) is 1.76. The van der Waals surface area contributed by atoms with Gasteiger partial charge in [0.1, 0.15) is 24.6 Å². The van der Waals surface area contributed by atoms with E-state index in [0.29, 0.717) is 28.8 Å². The Morgan fingerprint density at radius 3 is 2.93 bits per heavy atom. The van der Waals surface area contributed by atoms with Crippen LogP contribution in [0.25, 0.3) is 15.7 Å². The Morgan fingerprint density at radius 2 is 2.20 bits per heavy atom. The Balaban J connectivity index is 1.60. The van der Waals surface area contributed by atoms with Crippen LogP contribution in [0, 0.1) is 0 Å². The maximum atomic E-state index is 13.0. The lowest BCUT2D eigenvalue weighted by Crippen LogP contribution is -2.49. The third kappa shape index (κ3) is 4.10. The van der Waals surface area contributed by atoms with E-state index in [4.69, 9.17) is 11.6 Å². The van der Waals surface area contributed by atoms with Gasteiger partial charge in [0.25, 0.3) is 5.56 Å². The first-order valence-electron chi connectivity index (χ1n) is 10.2. The summed E-state index contributed by atoms with van der Waals surface area (Å²) < 4.78 is 17.3. The molecule has 0 aliphatic carbocycles. The number of alkyl halides is 1. The van der Waals surface area contributed by atoms with Gasteiger partial charge in [-0.1, -0.05) is 25.4 Å². The van der Waals surface area contributed by atoms with Crippen LogP contribution in [0.3, 0.4) is 0 Å². The van der Waals surface area contributed by atoms with Crippen molar-refractivity contribution in [2.45, 2.75) is 45.2 Å². The van der Waals surface area contributed by atoms with Gasteiger partial charge >= 0.3 is 0 Å². The Hall–Kier alpha value is -1.97. The molecule has 10 heteroatoms. The number of nitrogens with zero attached hydrogens (tertiary/aromatic N) is 4. The van der Waals surface area contributed by atoms with Crippen LogP contribution in [0.15, 0.2) is 16.9 Å². The monoisotopic (exact) mass is 453 g/mol. The summed E-state index contributed by atoms with van der Waals surface area (Å²) in [6.45, 7) is 5.32. The number of amides is 1. The van der Waals surface area contributed by atoms with E-state index in [-0.39, 0.29) is 30.0 Å². The van der Waals surface area contributed by atoms with Crippen molar-refractivity contribution in [3.8, 4) is 0 Å². The van der Waals surface area contributed by atoms with Gasteiger partial charge in [-0.25, -0.2) is 9.07 Å². The normalized spacial score (nSPS) is 18.0. The van der Waals surface area contributed by atoms with E-state index in [1.165, 1.54) is 16.0 Å². The van der Waals surface area contributed by atoms with Gasteiger partial charge in [-0.2, -0.15) is 5.10 Å². The fourth-order valence-corrected chi connectivity index (χ4v) is 5.26. The number of nitrogens with one attached hydrogen (secondary N) is 1. The van der Waals surface area contributed by atoms with Crippen molar-refractivity contribution in [1.82, 2.24) is 24.4 Å². The molecule has 1 amide bonds. The first-order chi connectivity index (χ1) is 14.4. The molecule has 0 radical (unpaired) electrons. The average molecular weight is 454 g/mol. The van der Waals surface area contributed by atoms with Gasteiger partial charge < -0.3 is 5.32 Å². The van der Waals surface area contributed by atoms with Crippen molar-refractivity contribution in [2.24, 2.45) is 0 Å². The first-order valence-corrected chi connectivity index (χ1v) is 11.4. The molecular formula is C20H25ClFN5O2S. The summed E-state index contributed by atoms with van der Waals surface area (Å²) in [4.78, 5) is 27.7. The van der Waals surface area contributed by atoms with Gasteiger partial charge in [-0.15, -0.1) is 11.3 Å². The number of aromatic nitrogens is 3. The SMILES string of the molecule is CC(C)c1nn(CC(=O)N[C@@H]2CCCN(CCF)C2)c(=O)c2cc3sc(Cl)cc3n12. The fourth-order valence-electron chi connectivity index (χ4n) is 4.10. The van der Waals surface area contributed by atoms with Crippen LogP contribution in [0.1, 0.15) is 38.4 Å². The highest BCUT2D eigenvalue weighted by molar-refractivity contribution is 7.22. The Kier molecular flexibility index (Phi) is 6.13. The summed E-state index contributed by atoms with van der Waals surface area (Å²) in [5, 5.41) is 7.50. The molecule has 0 unspecified atom stereocenters. The van der Waals surface area contributed by atoms with Crippen molar-refractivity contribution in [3.63, 3.8) is 0 Å². The minimum atomic E-state index is -0.391. The Labute approximate surface area is 182 Å². The lowest BCUT2D eigenvalue weighted by molar-refractivity contribution is -0.123. The molecule has 0 spiro atoms. The van der Waals surface area contributed by atoms with E-state index in [2.05, 4.69) is 10.4 Å². The number of hydrogen-bond donors (Lipinski definition) is 1. The van der Waals surface area contributed by atoms with E-state index in [9.17, 15) is 14.0 Å². The minimum Gasteiger partial charge on any atom is -0.350 e. The summed E-state index contributed by atoms with van der Waals surface area (Å²) >= 11 is 7.56. The van der Waals surface area contributed by atoms with Crippen LogP contribution in [-0.2, 0) is 11.3 Å². The molecule has 1 aliphatic rings. The Bertz CT molecular complexity index is 1140. The zero-order chi connectivity index (χ0) is 21.4. The van der Waals surface area contributed by atoms with Crippen molar-refractivity contribution >= 4 is 44.6 Å². The molecule has 0 bridgehead atoms. The highest BCUT2D eigenvalue weighted by Gasteiger charge is 2.23. The van der Waals surface area contributed by atoms with Gasteiger partial charge in [0.05, 0.1) is 14.6 Å². The zero-order valence-corrected chi connectivity index (χ0v) is 18.6. The number of hydrogen-bond acceptors (Lipinski definition) is 5. The van der Waals surface area contributed by atoms with E-state index in [1.54, 1.807) is 0 Å². The molecule has 1 fully saturated rings. The maximum absolute atomic E-state index is 13.0. The number of piperidine rings is 1. The van der Waals surface area contributed by atoms with E-state index < -0.39 is 6.67 Å². The molecule has 162 valence electrons. The minimum absolute atomic E-state index is 0.0393. The van der Waals surface area contributed by atoms with Crippen LogP contribution in [0.4, 0.5) is 4.39 Å². The van der Waals surface area contributed by atoms with Crippen molar-refractivity contribution in [2.75, 3.05) is 26.3 Å². The topological polar surface area (TPSA) is 71.6 Å². The molecule has 0 aromatic carbocycles. The molecule has 3 aromatic rings. The molecule has 1 N–H and O–H groups in total. The van der Waals surface area contributed by atoms with Crippen LogP contribution in [-0.4, -0.2) is 57.3 Å². The van der Waals surface area contributed by atoms with Crippen molar-refractivity contribution in [3.05, 3.63) is 32.6 Å². The molecule has 3 aromatic heterocycles. The van der Waals surface area contributed by atoms with Crippen molar-refractivity contribution < 1.29 is 9.18 Å². The quantitative estimate of drug-likeness (QED) is 0.622. The lowest BCUT2D eigenvalue weighted by atomic mass is 10.1. The molecule has 1 aliphatic heterocycles. The standard InChI is InChI=1S/C20H25ClFN5O2S/c1-12(2)19-24-26(11-18(28)23-13-4-3-6-25(10-13)7-5-22)20(29)15-8-16-14(27(15)19)9-17(21)30-16/h8-9,12-13H,3-7,10-11H2,1-2H3,(H,23,28)/t13-/m1/s1. The predicted molar refractivity (Wildman–Crippen MR) is 118 cm³/mol.